The lowest BCUT2D eigenvalue weighted by molar-refractivity contribution is -0.154. The number of carbonyl (C=O) groups is 3. The van der Waals surface area contributed by atoms with Crippen molar-refractivity contribution in [3.63, 3.8) is 0 Å². The van der Waals surface area contributed by atoms with Gasteiger partial charge in [-0.2, -0.15) is 0 Å². The number of nitrogens with one attached hydrogen (secondary N) is 1. The van der Waals surface area contributed by atoms with Gasteiger partial charge in [0, 0.05) is 24.7 Å². The van der Waals surface area contributed by atoms with Gasteiger partial charge in [-0.25, -0.2) is 0 Å². The minimum atomic E-state index is -0.349. The summed E-state index contributed by atoms with van der Waals surface area (Å²) in [4.78, 5) is 37.8. The molecule has 2 amide bonds. The van der Waals surface area contributed by atoms with E-state index >= 15 is 0 Å². The van der Waals surface area contributed by atoms with Crippen molar-refractivity contribution in [2.75, 3.05) is 25.0 Å². The molecule has 0 spiro atoms. The Balaban J connectivity index is 1.38. The van der Waals surface area contributed by atoms with Gasteiger partial charge in [0.05, 0.1) is 5.92 Å². The molecular weight excluding hydrogens is 320 g/mol. The number of aryl methyl sites for hydroxylation is 1. The average Bonchev–Trinajstić information content (AvgIpc) is 3.46. The number of rotatable bonds is 5. The predicted octanol–water partition coefficient (Wildman–Crippen LogP) is 2.13. The summed E-state index contributed by atoms with van der Waals surface area (Å²) in [7, 11) is 0. The van der Waals surface area contributed by atoms with Crippen LogP contribution in [0.25, 0.3) is 0 Å². The molecule has 25 heavy (non-hydrogen) atoms. The molecule has 1 saturated heterocycles. The Morgan fingerprint density at radius 1 is 1.04 bits per heavy atom. The first-order valence-corrected chi connectivity index (χ1v) is 8.85. The van der Waals surface area contributed by atoms with E-state index in [1.807, 2.05) is 36.1 Å². The average molecular weight is 344 g/mol. The minimum absolute atomic E-state index is 0.217. The lowest BCUT2D eigenvalue weighted by atomic mass is 9.97. The summed E-state index contributed by atoms with van der Waals surface area (Å²) in [6.07, 6.45) is 3.21. The van der Waals surface area contributed by atoms with Crippen LogP contribution >= 0.6 is 0 Å². The standard InChI is InChI=1S/C19H24N2O4/c1-13-2-6-16(7-3-13)20-17(22)12-25-19(24)15-8-10-21(11-9-15)18(23)14-4-5-14/h2-3,6-7,14-15H,4-5,8-12H2,1H3,(H,20,22). The lowest BCUT2D eigenvalue weighted by Crippen LogP contribution is -2.41. The van der Waals surface area contributed by atoms with Gasteiger partial charge in [0.1, 0.15) is 0 Å². The first-order valence-electron chi connectivity index (χ1n) is 8.85. The van der Waals surface area contributed by atoms with E-state index in [0.717, 1.165) is 18.4 Å². The van der Waals surface area contributed by atoms with Crippen molar-refractivity contribution < 1.29 is 19.1 Å². The molecule has 1 N–H and O–H groups in total. The highest BCUT2D eigenvalue weighted by molar-refractivity contribution is 5.93. The van der Waals surface area contributed by atoms with Crippen LogP contribution in [-0.4, -0.2) is 42.4 Å². The van der Waals surface area contributed by atoms with E-state index in [-0.39, 0.29) is 36.2 Å². The number of piperidine rings is 1. The molecule has 3 rings (SSSR count). The fourth-order valence-electron chi connectivity index (χ4n) is 3.01. The smallest absolute Gasteiger partial charge is 0.309 e. The second-order valence-corrected chi connectivity index (χ2v) is 6.90. The molecule has 2 fully saturated rings. The molecule has 1 heterocycles. The van der Waals surface area contributed by atoms with Gasteiger partial charge >= 0.3 is 5.97 Å². The Bertz CT molecular complexity index is 644. The fourth-order valence-corrected chi connectivity index (χ4v) is 3.01. The summed E-state index contributed by atoms with van der Waals surface area (Å²) in [5.41, 5.74) is 1.79. The summed E-state index contributed by atoms with van der Waals surface area (Å²) in [6.45, 7) is 2.89. The van der Waals surface area contributed by atoms with Gasteiger partial charge in [0.15, 0.2) is 6.61 Å². The van der Waals surface area contributed by atoms with Crippen LogP contribution in [-0.2, 0) is 19.1 Å². The van der Waals surface area contributed by atoms with Crippen LogP contribution < -0.4 is 5.32 Å². The Labute approximate surface area is 147 Å². The van der Waals surface area contributed by atoms with E-state index in [4.69, 9.17) is 4.74 Å². The number of esters is 1. The number of anilines is 1. The van der Waals surface area contributed by atoms with Crippen LogP contribution in [0.15, 0.2) is 24.3 Å². The van der Waals surface area contributed by atoms with Gasteiger partial charge in [0.2, 0.25) is 5.91 Å². The zero-order valence-corrected chi connectivity index (χ0v) is 14.5. The maximum Gasteiger partial charge on any atom is 0.309 e. The number of carbonyl (C=O) groups excluding carboxylic acids is 3. The van der Waals surface area contributed by atoms with Gasteiger partial charge in [-0.05, 0) is 44.7 Å². The molecule has 1 aliphatic heterocycles. The number of likely N-dealkylation sites (tertiary alicyclic amines) is 1. The monoisotopic (exact) mass is 344 g/mol. The number of ether oxygens (including phenoxy) is 1. The maximum absolute atomic E-state index is 12.1. The third-order valence-corrected chi connectivity index (χ3v) is 4.75. The normalized spacial score (nSPS) is 17.9. The zero-order valence-electron chi connectivity index (χ0n) is 14.5. The van der Waals surface area contributed by atoms with E-state index in [0.29, 0.717) is 31.6 Å². The summed E-state index contributed by atoms with van der Waals surface area (Å²) in [6, 6.07) is 7.42. The third-order valence-electron chi connectivity index (χ3n) is 4.75. The van der Waals surface area contributed by atoms with E-state index < -0.39 is 0 Å². The van der Waals surface area contributed by atoms with Crippen LogP contribution in [0.5, 0.6) is 0 Å². The molecule has 0 radical (unpaired) electrons. The maximum atomic E-state index is 12.1. The zero-order chi connectivity index (χ0) is 17.8. The largest absolute Gasteiger partial charge is 0.455 e. The molecule has 0 atom stereocenters. The quantitative estimate of drug-likeness (QED) is 0.830. The Kier molecular flexibility index (Phi) is 5.36. The van der Waals surface area contributed by atoms with Gasteiger partial charge in [-0.1, -0.05) is 17.7 Å². The topological polar surface area (TPSA) is 75.7 Å². The number of benzene rings is 1. The second-order valence-electron chi connectivity index (χ2n) is 6.90. The molecule has 1 saturated carbocycles. The van der Waals surface area contributed by atoms with Crippen molar-refractivity contribution >= 4 is 23.5 Å². The van der Waals surface area contributed by atoms with E-state index in [2.05, 4.69) is 5.32 Å². The van der Waals surface area contributed by atoms with Crippen LogP contribution in [0.3, 0.4) is 0 Å². The first kappa shape index (κ1) is 17.5. The minimum Gasteiger partial charge on any atom is -0.455 e. The molecular formula is C19H24N2O4. The molecule has 0 bridgehead atoms. The van der Waals surface area contributed by atoms with Crippen LogP contribution in [0.4, 0.5) is 5.69 Å². The van der Waals surface area contributed by atoms with E-state index in [1.54, 1.807) is 0 Å². The highest BCUT2D eigenvalue weighted by Gasteiger charge is 2.36. The van der Waals surface area contributed by atoms with E-state index in [9.17, 15) is 14.4 Å². The first-order chi connectivity index (χ1) is 12.0. The SMILES string of the molecule is Cc1ccc(NC(=O)COC(=O)C2CCN(C(=O)C3CC3)CC2)cc1. The summed E-state index contributed by atoms with van der Waals surface area (Å²) in [5, 5.41) is 2.70. The molecule has 0 aromatic heterocycles. The van der Waals surface area contributed by atoms with Crippen LogP contribution in [0.1, 0.15) is 31.2 Å². The van der Waals surface area contributed by atoms with Gasteiger partial charge in [-0.15, -0.1) is 0 Å². The van der Waals surface area contributed by atoms with Crippen molar-refractivity contribution in [1.82, 2.24) is 4.90 Å². The molecule has 6 heteroatoms. The van der Waals surface area contributed by atoms with Crippen molar-refractivity contribution in [1.29, 1.82) is 0 Å². The molecule has 1 aromatic rings. The highest BCUT2D eigenvalue weighted by atomic mass is 16.5. The van der Waals surface area contributed by atoms with Gasteiger partial charge in [-0.3, -0.25) is 14.4 Å². The summed E-state index contributed by atoms with van der Waals surface area (Å²) < 4.78 is 5.14. The number of hydrogen-bond acceptors (Lipinski definition) is 4. The number of hydrogen-bond donors (Lipinski definition) is 1. The Morgan fingerprint density at radius 2 is 1.68 bits per heavy atom. The van der Waals surface area contributed by atoms with Crippen molar-refractivity contribution in [3.05, 3.63) is 29.8 Å². The van der Waals surface area contributed by atoms with Crippen molar-refractivity contribution in [2.45, 2.75) is 32.6 Å². The van der Waals surface area contributed by atoms with Gasteiger partial charge in [0.25, 0.3) is 5.91 Å². The predicted molar refractivity (Wildman–Crippen MR) is 92.8 cm³/mol. The number of nitrogens with zero attached hydrogens (tertiary/aromatic N) is 1. The molecule has 1 aromatic carbocycles. The molecule has 6 nitrogen and oxygen atoms in total. The highest BCUT2D eigenvalue weighted by Crippen LogP contribution is 2.32. The molecule has 2 aliphatic rings. The molecule has 0 unspecified atom stereocenters. The van der Waals surface area contributed by atoms with Crippen LogP contribution in [0, 0.1) is 18.8 Å². The van der Waals surface area contributed by atoms with Crippen molar-refractivity contribution in [3.8, 4) is 0 Å². The summed E-state index contributed by atoms with van der Waals surface area (Å²) >= 11 is 0. The second kappa shape index (κ2) is 7.68. The molecule has 134 valence electrons. The van der Waals surface area contributed by atoms with E-state index in [1.165, 1.54) is 0 Å². The lowest BCUT2D eigenvalue weighted by Gasteiger charge is -2.31. The molecule has 1 aliphatic carbocycles. The number of amides is 2. The Hall–Kier alpha value is -2.37. The van der Waals surface area contributed by atoms with Crippen molar-refractivity contribution in [2.24, 2.45) is 11.8 Å². The summed E-state index contributed by atoms with van der Waals surface area (Å²) in [5.74, 6) is -0.482. The third kappa shape index (κ3) is 4.81. The van der Waals surface area contributed by atoms with Crippen LogP contribution in [0.2, 0.25) is 0 Å². The van der Waals surface area contributed by atoms with Gasteiger partial charge < -0.3 is 15.0 Å². The fraction of sp³-hybridized carbons (Fsp3) is 0.526. The Morgan fingerprint density at radius 3 is 2.28 bits per heavy atom.